The molecule has 2 aromatic rings. The minimum atomic E-state index is -2.25. The second-order valence-corrected chi connectivity index (χ2v) is 6.60. The van der Waals surface area contributed by atoms with E-state index < -0.39 is 16.9 Å². The lowest BCUT2D eigenvalue weighted by Crippen LogP contribution is -2.21. The predicted octanol–water partition coefficient (Wildman–Crippen LogP) is 3.79. The van der Waals surface area contributed by atoms with Gasteiger partial charge in [-0.15, -0.1) is 0 Å². The Hall–Kier alpha value is -1.63. The van der Waals surface area contributed by atoms with Crippen molar-refractivity contribution in [1.82, 2.24) is 0 Å². The molecule has 1 aliphatic rings. The third kappa shape index (κ3) is 3.83. The van der Waals surface area contributed by atoms with Crippen LogP contribution in [-0.2, 0) is 16.8 Å². The molecule has 0 aromatic heterocycles. The molecular weight excluding hydrogens is 341 g/mol. The lowest BCUT2D eigenvalue weighted by Gasteiger charge is -2.28. The molecular formula is C16H14ClFNO3S-. The Morgan fingerprint density at radius 3 is 2.96 bits per heavy atom. The summed E-state index contributed by atoms with van der Waals surface area (Å²) in [6.45, 7) is 0.518. The molecule has 2 atom stereocenters. The van der Waals surface area contributed by atoms with Crippen LogP contribution in [0.25, 0.3) is 0 Å². The minimum Gasteiger partial charge on any atom is -0.772 e. The fraction of sp³-hybridized carbons (Fsp3) is 0.250. The van der Waals surface area contributed by atoms with E-state index in [-0.39, 0.29) is 11.8 Å². The molecule has 0 aliphatic carbocycles. The Morgan fingerprint density at radius 1 is 1.35 bits per heavy atom. The van der Waals surface area contributed by atoms with Crippen LogP contribution in [0.15, 0.2) is 36.4 Å². The number of benzene rings is 2. The molecule has 0 spiro atoms. The molecule has 0 bridgehead atoms. The van der Waals surface area contributed by atoms with Gasteiger partial charge in [0.2, 0.25) is 0 Å². The SMILES string of the molecule is O=S([O-])Cc1ccc(F)cc1NC1CCOc2ccc(Cl)cc21. The number of hydrogen-bond acceptors (Lipinski definition) is 4. The van der Waals surface area contributed by atoms with Crippen molar-refractivity contribution >= 4 is 28.4 Å². The Kier molecular flexibility index (Phi) is 4.84. The summed E-state index contributed by atoms with van der Waals surface area (Å²) in [5.74, 6) is 0.128. The van der Waals surface area contributed by atoms with Gasteiger partial charge in [0.05, 0.1) is 12.6 Å². The van der Waals surface area contributed by atoms with Gasteiger partial charge in [0.15, 0.2) is 0 Å². The van der Waals surface area contributed by atoms with E-state index >= 15 is 0 Å². The summed E-state index contributed by atoms with van der Waals surface area (Å²) in [7, 11) is 0. The number of halogens is 2. The topological polar surface area (TPSA) is 61.4 Å². The van der Waals surface area contributed by atoms with Gasteiger partial charge in [0.25, 0.3) is 0 Å². The fourth-order valence-corrected chi connectivity index (χ4v) is 3.33. The summed E-state index contributed by atoms with van der Waals surface area (Å²) < 4.78 is 41.1. The van der Waals surface area contributed by atoms with Crippen molar-refractivity contribution in [3.8, 4) is 5.75 Å². The van der Waals surface area contributed by atoms with Crippen LogP contribution in [0.4, 0.5) is 10.1 Å². The molecule has 4 nitrogen and oxygen atoms in total. The van der Waals surface area contributed by atoms with Crippen LogP contribution < -0.4 is 10.1 Å². The first-order chi connectivity index (χ1) is 11.0. The van der Waals surface area contributed by atoms with Crippen molar-refractivity contribution in [2.24, 2.45) is 0 Å². The van der Waals surface area contributed by atoms with Gasteiger partial charge in [-0.1, -0.05) is 28.7 Å². The van der Waals surface area contributed by atoms with Crippen molar-refractivity contribution in [2.45, 2.75) is 18.2 Å². The monoisotopic (exact) mass is 354 g/mol. The van der Waals surface area contributed by atoms with Crippen molar-refractivity contribution in [3.05, 3.63) is 58.4 Å². The molecule has 122 valence electrons. The highest BCUT2D eigenvalue weighted by molar-refractivity contribution is 7.78. The van der Waals surface area contributed by atoms with Crippen LogP contribution in [0.2, 0.25) is 5.02 Å². The Bertz CT molecular complexity index is 756. The quantitative estimate of drug-likeness (QED) is 0.848. The maximum atomic E-state index is 13.6. The lowest BCUT2D eigenvalue weighted by molar-refractivity contribution is 0.274. The molecule has 0 radical (unpaired) electrons. The number of rotatable bonds is 4. The first kappa shape index (κ1) is 16.2. The third-order valence-electron chi connectivity index (χ3n) is 3.69. The van der Waals surface area contributed by atoms with Crippen molar-refractivity contribution in [3.63, 3.8) is 0 Å². The summed E-state index contributed by atoms with van der Waals surface area (Å²) in [5.41, 5.74) is 1.86. The zero-order valence-corrected chi connectivity index (χ0v) is 13.6. The summed E-state index contributed by atoms with van der Waals surface area (Å²) in [6.07, 6.45) is 0.670. The largest absolute Gasteiger partial charge is 0.772 e. The smallest absolute Gasteiger partial charge is 0.125 e. The van der Waals surface area contributed by atoms with E-state index in [1.165, 1.54) is 18.2 Å². The van der Waals surface area contributed by atoms with Crippen LogP contribution in [0.5, 0.6) is 5.75 Å². The molecule has 2 aromatic carbocycles. The molecule has 23 heavy (non-hydrogen) atoms. The van der Waals surface area contributed by atoms with E-state index in [0.29, 0.717) is 29.3 Å². The van der Waals surface area contributed by atoms with Gasteiger partial charge < -0.3 is 14.6 Å². The Morgan fingerprint density at radius 2 is 2.17 bits per heavy atom. The van der Waals surface area contributed by atoms with Crippen molar-refractivity contribution in [1.29, 1.82) is 0 Å². The first-order valence-electron chi connectivity index (χ1n) is 7.06. The summed E-state index contributed by atoms with van der Waals surface area (Å²) in [4.78, 5) is 0. The average molecular weight is 355 g/mol. The van der Waals surface area contributed by atoms with Crippen molar-refractivity contribution < 1.29 is 17.9 Å². The highest BCUT2D eigenvalue weighted by Crippen LogP contribution is 2.36. The van der Waals surface area contributed by atoms with Crippen LogP contribution in [-0.4, -0.2) is 15.4 Å². The molecule has 7 heteroatoms. The second kappa shape index (κ2) is 6.86. The predicted molar refractivity (Wildman–Crippen MR) is 87.0 cm³/mol. The van der Waals surface area contributed by atoms with Gasteiger partial charge in [0, 0.05) is 28.4 Å². The number of hydrogen-bond donors (Lipinski definition) is 1. The normalized spacial score (nSPS) is 18.0. The number of fused-ring (bicyclic) bond motifs is 1. The molecule has 1 heterocycles. The van der Waals surface area contributed by atoms with Gasteiger partial charge in [-0.05, 0) is 35.9 Å². The van der Waals surface area contributed by atoms with Crippen LogP contribution in [0, 0.1) is 5.82 Å². The van der Waals surface area contributed by atoms with E-state index in [1.54, 1.807) is 18.2 Å². The molecule has 1 N–H and O–H groups in total. The highest BCUT2D eigenvalue weighted by Gasteiger charge is 2.22. The molecule has 0 amide bonds. The van der Waals surface area contributed by atoms with Crippen LogP contribution >= 0.6 is 11.6 Å². The van der Waals surface area contributed by atoms with E-state index in [0.717, 1.165) is 11.3 Å². The van der Waals surface area contributed by atoms with Gasteiger partial charge in [-0.2, -0.15) is 0 Å². The summed E-state index contributed by atoms with van der Waals surface area (Å²) in [6, 6.07) is 9.26. The van der Waals surface area contributed by atoms with E-state index in [2.05, 4.69) is 5.32 Å². The molecule has 0 saturated carbocycles. The Labute approximate surface area is 140 Å². The van der Waals surface area contributed by atoms with Gasteiger partial charge >= 0.3 is 0 Å². The first-order valence-corrected chi connectivity index (χ1v) is 8.68. The molecule has 0 fully saturated rings. The maximum absolute atomic E-state index is 13.6. The molecule has 0 saturated heterocycles. The highest BCUT2D eigenvalue weighted by atomic mass is 35.5. The van der Waals surface area contributed by atoms with Gasteiger partial charge in [-0.3, -0.25) is 4.21 Å². The second-order valence-electron chi connectivity index (χ2n) is 5.27. The number of nitrogens with one attached hydrogen (secondary N) is 1. The zero-order valence-electron chi connectivity index (χ0n) is 12.1. The van der Waals surface area contributed by atoms with Crippen LogP contribution in [0.1, 0.15) is 23.6 Å². The minimum absolute atomic E-state index is 0.127. The number of ether oxygens (including phenoxy) is 1. The van der Waals surface area contributed by atoms with E-state index in [9.17, 15) is 13.2 Å². The van der Waals surface area contributed by atoms with Gasteiger partial charge in [-0.25, -0.2) is 4.39 Å². The summed E-state index contributed by atoms with van der Waals surface area (Å²) in [5, 5.41) is 3.81. The zero-order chi connectivity index (χ0) is 16.4. The average Bonchev–Trinajstić information content (AvgIpc) is 2.50. The lowest BCUT2D eigenvalue weighted by atomic mass is 9.99. The van der Waals surface area contributed by atoms with E-state index in [1.807, 2.05) is 0 Å². The fourth-order valence-electron chi connectivity index (χ4n) is 2.64. The van der Waals surface area contributed by atoms with Gasteiger partial charge in [0.1, 0.15) is 11.6 Å². The van der Waals surface area contributed by atoms with Crippen LogP contribution in [0.3, 0.4) is 0 Å². The standard InChI is InChI=1S/C16H15ClFNO3S/c17-11-2-4-16-13(7-11)14(5-6-22-16)19-15-8-12(18)3-1-10(15)9-23(20)21/h1-4,7-8,14,19H,5-6,9H2,(H,20,21)/p-1. The molecule has 1 aliphatic heterocycles. The maximum Gasteiger partial charge on any atom is 0.125 e. The third-order valence-corrected chi connectivity index (χ3v) is 4.47. The Balaban J connectivity index is 1.93. The molecule has 3 rings (SSSR count). The molecule has 2 unspecified atom stereocenters. The number of anilines is 1. The van der Waals surface area contributed by atoms with Crippen molar-refractivity contribution in [2.75, 3.05) is 11.9 Å². The summed E-state index contributed by atoms with van der Waals surface area (Å²) >= 11 is 3.80. The van der Waals surface area contributed by atoms with E-state index in [4.69, 9.17) is 16.3 Å².